The summed E-state index contributed by atoms with van der Waals surface area (Å²) >= 11 is 1.62. The first-order chi connectivity index (χ1) is 9.74. The fourth-order valence-corrected chi connectivity index (χ4v) is 3.36. The summed E-state index contributed by atoms with van der Waals surface area (Å²) in [5, 5.41) is 3.21. The van der Waals surface area contributed by atoms with Crippen LogP contribution in [0.15, 0.2) is 29.2 Å². The van der Waals surface area contributed by atoms with Crippen molar-refractivity contribution in [2.75, 3.05) is 5.75 Å². The van der Waals surface area contributed by atoms with Crippen LogP contribution in [0.2, 0.25) is 0 Å². The molecule has 0 heterocycles. The lowest BCUT2D eigenvalue weighted by atomic mass is 9.97. The molecule has 0 aromatic heterocycles. The van der Waals surface area contributed by atoms with Crippen molar-refractivity contribution in [3.63, 3.8) is 0 Å². The SMILES string of the molecule is Cc1ccc(SCC(=O)NC2CCCCCCC2)cc1. The molecule has 0 radical (unpaired) electrons. The van der Waals surface area contributed by atoms with Crippen LogP contribution in [0.5, 0.6) is 0 Å². The van der Waals surface area contributed by atoms with Crippen molar-refractivity contribution in [2.45, 2.75) is 62.8 Å². The van der Waals surface area contributed by atoms with Crippen molar-refractivity contribution < 1.29 is 4.79 Å². The highest BCUT2D eigenvalue weighted by atomic mass is 32.2. The van der Waals surface area contributed by atoms with Crippen molar-refractivity contribution in [1.29, 1.82) is 0 Å². The van der Waals surface area contributed by atoms with E-state index >= 15 is 0 Å². The van der Waals surface area contributed by atoms with Crippen LogP contribution in [0.4, 0.5) is 0 Å². The average Bonchev–Trinajstić information content (AvgIpc) is 2.41. The van der Waals surface area contributed by atoms with E-state index in [-0.39, 0.29) is 5.91 Å². The van der Waals surface area contributed by atoms with Crippen LogP contribution in [-0.2, 0) is 4.79 Å². The average molecular weight is 291 g/mol. The minimum absolute atomic E-state index is 0.182. The Kier molecular flexibility index (Phi) is 6.44. The van der Waals surface area contributed by atoms with E-state index in [1.807, 2.05) is 0 Å². The van der Waals surface area contributed by atoms with E-state index in [9.17, 15) is 4.79 Å². The number of carbonyl (C=O) groups excluding carboxylic acids is 1. The van der Waals surface area contributed by atoms with Crippen molar-refractivity contribution in [1.82, 2.24) is 5.32 Å². The van der Waals surface area contributed by atoms with E-state index in [0.29, 0.717) is 11.8 Å². The summed E-state index contributed by atoms with van der Waals surface area (Å²) in [7, 11) is 0. The quantitative estimate of drug-likeness (QED) is 0.837. The first kappa shape index (κ1) is 15.4. The zero-order chi connectivity index (χ0) is 14.2. The Hall–Kier alpha value is -0.960. The third kappa shape index (κ3) is 5.58. The van der Waals surface area contributed by atoms with E-state index in [0.717, 1.165) is 12.8 Å². The molecular formula is C17H25NOS. The molecule has 0 spiro atoms. The summed E-state index contributed by atoms with van der Waals surface area (Å²) in [5.74, 6) is 0.709. The fraction of sp³-hybridized carbons (Fsp3) is 0.588. The van der Waals surface area contributed by atoms with Crippen LogP contribution in [-0.4, -0.2) is 17.7 Å². The number of hydrogen-bond donors (Lipinski definition) is 1. The number of thioether (sulfide) groups is 1. The molecule has 0 unspecified atom stereocenters. The maximum Gasteiger partial charge on any atom is 0.230 e. The van der Waals surface area contributed by atoms with Crippen LogP contribution in [0.1, 0.15) is 50.5 Å². The van der Waals surface area contributed by atoms with Gasteiger partial charge in [-0.15, -0.1) is 11.8 Å². The third-order valence-corrected chi connectivity index (χ3v) is 4.87. The van der Waals surface area contributed by atoms with Crippen molar-refractivity contribution >= 4 is 17.7 Å². The number of benzene rings is 1. The molecule has 110 valence electrons. The zero-order valence-corrected chi connectivity index (χ0v) is 13.2. The molecule has 1 aliphatic rings. The van der Waals surface area contributed by atoms with Gasteiger partial charge >= 0.3 is 0 Å². The number of amides is 1. The van der Waals surface area contributed by atoms with Gasteiger partial charge in [0.15, 0.2) is 0 Å². The molecule has 0 saturated heterocycles. The summed E-state index contributed by atoms with van der Waals surface area (Å²) in [6.07, 6.45) is 8.84. The number of rotatable bonds is 4. The molecule has 2 nitrogen and oxygen atoms in total. The summed E-state index contributed by atoms with van der Waals surface area (Å²) in [6, 6.07) is 8.76. The van der Waals surface area contributed by atoms with Crippen LogP contribution in [0.3, 0.4) is 0 Å². The van der Waals surface area contributed by atoms with Crippen molar-refractivity contribution in [3.05, 3.63) is 29.8 Å². The molecule has 1 aromatic carbocycles. The van der Waals surface area contributed by atoms with Gasteiger partial charge in [0, 0.05) is 10.9 Å². The van der Waals surface area contributed by atoms with Gasteiger partial charge in [-0.3, -0.25) is 4.79 Å². The Balaban J connectivity index is 1.72. The first-order valence-corrected chi connectivity index (χ1v) is 8.71. The van der Waals surface area contributed by atoms with E-state index < -0.39 is 0 Å². The van der Waals surface area contributed by atoms with Gasteiger partial charge in [0.1, 0.15) is 0 Å². The molecule has 3 heteroatoms. The van der Waals surface area contributed by atoms with Gasteiger partial charge < -0.3 is 5.32 Å². The van der Waals surface area contributed by atoms with Crippen LogP contribution in [0.25, 0.3) is 0 Å². The minimum atomic E-state index is 0.182. The van der Waals surface area contributed by atoms with Gasteiger partial charge in [0.05, 0.1) is 5.75 Å². The molecule has 0 atom stereocenters. The maximum absolute atomic E-state index is 12.0. The Labute approximate surface area is 126 Å². The molecular weight excluding hydrogens is 266 g/mol. The van der Waals surface area contributed by atoms with Gasteiger partial charge in [-0.1, -0.05) is 49.8 Å². The predicted octanol–water partition coefficient (Wildman–Crippen LogP) is 4.32. The number of aryl methyl sites for hydroxylation is 1. The zero-order valence-electron chi connectivity index (χ0n) is 12.4. The first-order valence-electron chi connectivity index (χ1n) is 7.73. The Morgan fingerprint density at radius 1 is 1.10 bits per heavy atom. The lowest BCUT2D eigenvalue weighted by Crippen LogP contribution is -2.36. The normalized spacial score (nSPS) is 17.2. The molecule has 0 aliphatic heterocycles. The molecule has 1 aromatic rings. The standard InChI is InChI=1S/C17H25NOS/c1-14-9-11-16(12-10-14)20-13-17(19)18-15-7-5-3-2-4-6-8-15/h9-12,15H,2-8,13H2,1H3,(H,18,19). The molecule has 1 amide bonds. The fourth-order valence-electron chi connectivity index (χ4n) is 2.65. The number of nitrogens with one attached hydrogen (secondary N) is 1. The van der Waals surface area contributed by atoms with Crippen LogP contribution in [0, 0.1) is 6.92 Å². The Morgan fingerprint density at radius 3 is 2.35 bits per heavy atom. The summed E-state index contributed by atoms with van der Waals surface area (Å²) < 4.78 is 0. The lowest BCUT2D eigenvalue weighted by Gasteiger charge is -2.20. The molecule has 1 N–H and O–H groups in total. The highest BCUT2D eigenvalue weighted by Crippen LogP contribution is 2.19. The molecule has 0 bridgehead atoms. The highest BCUT2D eigenvalue weighted by molar-refractivity contribution is 8.00. The monoisotopic (exact) mass is 291 g/mol. The maximum atomic E-state index is 12.0. The van der Waals surface area contributed by atoms with E-state index in [1.54, 1.807) is 11.8 Å². The minimum Gasteiger partial charge on any atom is -0.353 e. The Morgan fingerprint density at radius 2 is 1.70 bits per heavy atom. The second-order valence-electron chi connectivity index (χ2n) is 5.71. The van der Waals surface area contributed by atoms with Gasteiger partial charge in [-0.2, -0.15) is 0 Å². The third-order valence-electron chi connectivity index (χ3n) is 3.86. The molecule has 2 rings (SSSR count). The van der Waals surface area contributed by atoms with Gasteiger partial charge in [-0.05, 0) is 31.9 Å². The van der Waals surface area contributed by atoms with E-state index in [1.165, 1.54) is 42.6 Å². The van der Waals surface area contributed by atoms with Crippen molar-refractivity contribution in [2.24, 2.45) is 0 Å². The lowest BCUT2D eigenvalue weighted by molar-refractivity contribution is -0.119. The molecule has 1 fully saturated rings. The topological polar surface area (TPSA) is 29.1 Å². The second-order valence-corrected chi connectivity index (χ2v) is 6.76. The molecule has 1 aliphatic carbocycles. The molecule has 20 heavy (non-hydrogen) atoms. The highest BCUT2D eigenvalue weighted by Gasteiger charge is 2.13. The van der Waals surface area contributed by atoms with Gasteiger partial charge in [-0.25, -0.2) is 0 Å². The number of hydrogen-bond acceptors (Lipinski definition) is 2. The van der Waals surface area contributed by atoms with E-state index in [2.05, 4.69) is 36.5 Å². The summed E-state index contributed by atoms with van der Waals surface area (Å²) in [5.41, 5.74) is 1.26. The number of carbonyl (C=O) groups is 1. The predicted molar refractivity (Wildman–Crippen MR) is 86.2 cm³/mol. The largest absolute Gasteiger partial charge is 0.353 e. The Bertz CT molecular complexity index is 408. The second kappa shape index (κ2) is 8.35. The smallest absolute Gasteiger partial charge is 0.230 e. The van der Waals surface area contributed by atoms with Gasteiger partial charge in [0.25, 0.3) is 0 Å². The van der Waals surface area contributed by atoms with Crippen LogP contribution < -0.4 is 5.32 Å². The van der Waals surface area contributed by atoms with Crippen LogP contribution >= 0.6 is 11.8 Å². The van der Waals surface area contributed by atoms with Crippen molar-refractivity contribution in [3.8, 4) is 0 Å². The molecule has 1 saturated carbocycles. The van der Waals surface area contributed by atoms with Gasteiger partial charge in [0.2, 0.25) is 5.91 Å². The summed E-state index contributed by atoms with van der Waals surface area (Å²) in [4.78, 5) is 13.2. The summed E-state index contributed by atoms with van der Waals surface area (Å²) in [6.45, 7) is 2.08. The van der Waals surface area contributed by atoms with E-state index in [4.69, 9.17) is 0 Å².